The molecule has 12 heterocycles. The first kappa shape index (κ1) is 69.1. The summed E-state index contributed by atoms with van der Waals surface area (Å²) in [7, 11) is 8.45. The smallest absolute Gasteiger partial charge is 0.360 e. The highest BCUT2D eigenvalue weighted by Gasteiger charge is 2.47. The van der Waals surface area contributed by atoms with Crippen LogP contribution in [0.2, 0.25) is 0 Å². The van der Waals surface area contributed by atoms with E-state index in [9.17, 15) is 48.6 Å². The summed E-state index contributed by atoms with van der Waals surface area (Å²) in [6, 6.07) is 21.4. The Morgan fingerprint density at radius 2 is 0.942 bits per heavy atom. The number of hydrogen-bond acceptors (Lipinski definition) is 19. The van der Waals surface area contributed by atoms with Crippen LogP contribution in [0, 0.1) is 0 Å². The molecule has 6 fully saturated rings. The first-order chi connectivity index (χ1) is 50.3. The summed E-state index contributed by atoms with van der Waals surface area (Å²) in [6.07, 6.45) is 10.9. The first-order valence-electron chi connectivity index (χ1n) is 35.6. The molecule has 0 saturated carbocycles. The first-order valence-corrected chi connectivity index (χ1v) is 35.6. The Hall–Kier alpha value is -10.7. The Morgan fingerprint density at radius 3 is 1.40 bits per heavy atom. The minimum atomic E-state index is -1.25. The van der Waals surface area contributed by atoms with E-state index in [4.69, 9.17) is 18.6 Å². The number of nitrogens with zero attached hydrogens (tertiary/aromatic N) is 10. The number of amides is 6. The van der Waals surface area contributed by atoms with Crippen LogP contribution >= 0.6 is 0 Å². The van der Waals surface area contributed by atoms with Crippen molar-refractivity contribution in [3.63, 3.8) is 0 Å². The van der Waals surface area contributed by atoms with Crippen molar-refractivity contribution in [3.05, 3.63) is 163 Å². The number of aliphatic hydroxyl groups excluding tert-OH is 2. The molecule has 8 aliphatic rings. The van der Waals surface area contributed by atoms with Crippen LogP contribution in [0.4, 0.5) is 11.6 Å². The number of piperidine rings is 4. The van der Waals surface area contributed by atoms with Crippen LogP contribution in [0.1, 0.15) is 143 Å². The van der Waals surface area contributed by atoms with Gasteiger partial charge in [-0.3, -0.25) is 68.6 Å². The molecule has 0 bridgehead atoms. The molecule has 104 heavy (non-hydrogen) atoms. The maximum Gasteiger partial charge on any atom is 0.360 e. The molecule has 16 rings (SSSR count). The van der Waals surface area contributed by atoms with Crippen LogP contribution in [0.3, 0.4) is 0 Å². The fourth-order valence-corrected chi connectivity index (χ4v) is 16.2. The third kappa shape index (κ3) is 12.6. The number of benzene rings is 4. The van der Waals surface area contributed by atoms with Gasteiger partial charge in [-0.15, -0.1) is 0 Å². The predicted molar refractivity (Wildman–Crippen MR) is 387 cm³/mol. The van der Waals surface area contributed by atoms with Gasteiger partial charge in [0.2, 0.25) is 23.6 Å². The zero-order valence-corrected chi connectivity index (χ0v) is 58.8. The van der Waals surface area contributed by atoms with Gasteiger partial charge in [0.05, 0.1) is 43.7 Å². The Morgan fingerprint density at radius 1 is 0.500 bits per heavy atom. The summed E-state index contributed by atoms with van der Waals surface area (Å²) in [5.74, 6) is 2.16. The van der Waals surface area contributed by atoms with E-state index in [0.29, 0.717) is 69.1 Å². The van der Waals surface area contributed by atoms with Gasteiger partial charge in [-0.25, -0.2) is 14.4 Å². The lowest BCUT2D eigenvalue weighted by molar-refractivity contribution is -0.355. The summed E-state index contributed by atoms with van der Waals surface area (Å²) in [5.41, 5.74) is 8.93. The van der Waals surface area contributed by atoms with Crippen molar-refractivity contribution in [2.24, 2.45) is 14.1 Å². The summed E-state index contributed by atoms with van der Waals surface area (Å²) in [6.45, 7) is 12.0. The van der Waals surface area contributed by atoms with Crippen LogP contribution in [0.15, 0.2) is 107 Å². The van der Waals surface area contributed by atoms with Gasteiger partial charge in [-0.1, -0.05) is 24.3 Å². The van der Waals surface area contributed by atoms with Crippen molar-refractivity contribution < 1.29 is 57.6 Å². The number of rotatable bonds is 16. The summed E-state index contributed by atoms with van der Waals surface area (Å²) in [5, 5.41) is 29.5. The van der Waals surface area contributed by atoms with Crippen molar-refractivity contribution in [2.75, 3.05) is 83.5 Å². The number of hydrogen-bond donors (Lipinski definition) is 4. The predicted octanol–water partition coefficient (Wildman–Crippen LogP) is 6.99. The maximum atomic E-state index is 13.5. The molecular weight excluding hydrogens is 1330 g/mol. The third-order valence-corrected chi connectivity index (χ3v) is 22.4. The number of imide groups is 2. The number of carbonyl (C=O) groups is 6. The van der Waals surface area contributed by atoms with E-state index < -0.39 is 48.2 Å². The number of aryl methyl sites for hydroxylation is 2. The summed E-state index contributed by atoms with van der Waals surface area (Å²) < 4.78 is 26.8. The van der Waals surface area contributed by atoms with Crippen LogP contribution in [0.5, 0.6) is 23.0 Å². The van der Waals surface area contributed by atoms with Crippen LogP contribution < -0.4 is 45.8 Å². The molecule has 538 valence electrons. The molecular formula is C78H83N12O14+. The topological polar surface area (TPSA) is 295 Å². The van der Waals surface area contributed by atoms with Crippen molar-refractivity contribution in [1.82, 2.24) is 49.3 Å². The Labute approximate surface area is 599 Å². The average molecular weight is 1410 g/mol. The molecule has 8 aliphatic heterocycles. The van der Waals surface area contributed by atoms with Gasteiger partial charge in [-0.2, -0.15) is 0 Å². The molecule has 4 atom stereocenters. The number of ether oxygens (including phenoxy) is 3. The highest BCUT2D eigenvalue weighted by atomic mass is 16.5. The lowest BCUT2D eigenvalue weighted by atomic mass is 9.87. The number of aromatic nitrogens is 4. The van der Waals surface area contributed by atoms with Crippen molar-refractivity contribution in [2.45, 2.75) is 114 Å². The van der Waals surface area contributed by atoms with Gasteiger partial charge < -0.3 is 43.4 Å². The van der Waals surface area contributed by atoms with Crippen LogP contribution in [-0.2, 0) is 50.8 Å². The number of aliphatic hydroxyl groups is 2. The molecule has 6 saturated heterocycles. The average Bonchev–Trinajstić information content (AvgIpc) is 1.31. The van der Waals surface area contributed by atoms with Crippen molar-refractivity contribution in [1.29, 1.82) is 0 Å². The number of likely N-dealkylation sites (tertiary alicyclic amines) is 2. The highest BCUT2D eigenvalue weighted by Crippen LogP contribution is 2.45. The lowest BCUT2D eigenvalue weighted by Crippen LogP contribution is -2.53. The van der Waals surface area contributed by atoms with Gasteiger partial charge in [-0.05, 0) is 154 Å². The summed E-state index contributed by atoms with van der Waals surface area (Å²) in [4.78, 5) is 122. The Balaban J connectivity index is 0.000000167. The van der Waals surface area contributed by atoms with E-state index in [-0.39, 0.29) is 60.5 Å². The lowest BCUT2D eigenvalue weighted by Gasteiger charge is -2.33. The number of nitrogens with one attached hydrogen (secondary N) is 2. The number of fused-ring (bicyclic) bond motifs is 4. The Kier molecular flexibility index (Phi) is 18.7. The van der Waals surface area contributed by atoms with E-state index in [1.54, 1.807) is 69.1 Å². The largest absolute Gasteiger partial charge is 0.496 e. The molecule has 0 spiro atoms. The van der Waals surface area contributed by atoms with Crippen molar-refractivity contribution >= 4 is 75.4 Å². The fraction of sp³-hybridized carbons (Fsp3) is 0.397. The molecule has 0 radical (unpaired) electrons. The van der Waals surface area contributed by atoms with Gasteiger partial charge in [0.15, 0.2) is 12.5 Å². The monoisotopic (exact) mass is 1410 g/mol. The molecule has 4 N–H and O–H groups in total. The minimum Gasteiger partial charge on any atom is -0.496 e. The van der Waals surface area contributed by atoms with E-state index in [1.165, 1.54) is 9.80 Å². The Bertz CT molecular complexity index is 4970. The molecule has 4 aromatic heterocycles. The van der Waals surface area contributed by atoms with Gasteiger partial charge in [0.1, 0.15) is 46.5 Å². The molecule has 6 amide bonds. The quantitative estimate of drug-likeness (QED) is 0.0560. The van der Waals surface area contributed by atoms with Crippen molar-refractivity contribution in [3.8, 4) is 45.3 Å². The zero-order chi connectivity index (χ0) is 72.5. The maximum absolute atomic E-state index is 13.5. The van der Waals surface area contributed by atoms with Gasteiger partial charge in [0, 0.05) is 135 Å². The second-order valence-electron chi connectivity index (χ2n) is 28.3. The molecule has 0 aliphatic carbocycles. The fourth-order valence-electron chi connectivity index (χ4n) is 16.2. The van der Waals surface area contributed by atoms with E-state index in [1.807, 2.05) is 73.1 Å². The van der Waals surface area contributed by atoms with Crippen LogP contribution in [-0.4, -0.2) is 177 Å². The molecule has 4 unspecified atom stereocenters. The second-order valence-corrected chi connectivity index (χ2v) is 28.3. The zero-order valence-electron chi connectivity index (χ0n) is 58.8. The van der Waals surface area contributed by atoms with Crippen LogP contribution in [0.25, 0.3) is 43.8 Å². The third-order valence-electron chi connectivity index (χ3n) is 22.4. The molecule has 4 aromatic carbocycles. The van der Waals surface area contributed by atoms with Gasteiger partial charge in [0.25, 0.3) is 29.7 Å². The standard InChI is InChI=1S/C39H42N6O7.C39H40N6O7/c2*1-42-20-29(26-18-34(44-11-4-12-44)40-19-28(26)37(42)48)24-16-32(51-2)30(33(17-24)52-3)21-43-13-9-22(10-14-43)23-5-6-25-27(15-23)39(50)45(38(25)49)31-7-8-35(46)41-36(31)47/h5-6,15-20,22,31,38,49H,4,7-14,21H2,1-3H3,(H,41,46,47);5-6,15-20,22,31,39,50H,2,4,7-14,21H2,1,3H3/p+1. The van der Waals surface area contributed by atoms with E-state index in [2.05, 4.69) is 47.0 Å². The number of pyridine rings is 4. The van der Waals surface area contributed by atoms with E-state index >= 15 is 0 Å². The van der Waals surface area contributed by atoms with E-state index in [0.717, 1.165) is 158 Å². The van der Waals surface area contributed by atoms with Gasteiger partial charge >= 0.3 is 5.75 Å². The number of methoxy groups -OCH3 is 3. The highest BCUT2D eigenvalue weighted by molar-refractivity contribution is 6.07. The second kappa shape index (κ2) is 28.2. The summed E-state index contributed by atoms with van der Waals surface area (Å²) >= 11 is 0. The molecule has 26 nitrogen and oxygen atoms in total. The molecule has 8 aromatic rings. The SMILES string of the molecule is C=[O+]c1cc(-c2cn(C)c(=O)c3cnc(N4CCC4)cc23)cc(OC)c1CN1CCC(c2ccc3c(c2)C(O)N(C2CCC(=O)NC2=O)C3=O)CC1.COc1cc(-c2cn(C)c(=O)c3cnc(N4CCC4)cc23)cc(OC)c1CN1CCC(c2ccc3c(c2)C(=O)N(C2CCC(=O)NC2=O)C3O)CC1. The number of carbonyl (C=O) groups excluding carboxylic acids is 7. The normalized spacial score (nSPS) is 21.0. The number of anilines is 2. The minimum absolute atomic E-state index is 0.0985. The molecule has 26 heteroatoms.